The average Bonchev–Trinajstić information content (AvgIpc) is 3.28. The molecule has 2 rings (SSSR count). The molecule has 0 heterocycles. The van der Waals surface area contributed by atoms with Crippen molar-refractivity contribution in [3.63, 3.8) is 0 Å². The minimum Gasteiger partial charge on any atom is -0.480 e. The summed E-state index contributed by atoms with van der Waals surface area (Å²) < 4.78 is 24.2. The van der Waals surface area contributed by atoms with Crippen LogP contribution in [0.1, 0.15) is 19.3 Å². The minimum atomic E-state index is -3.54. The number of carboxylic acids is 1. The molecule has 1 aromatic carbocycles. The van der Waals surface area contributed by atoms with Crippen molar-refractivity contribution < 1.29 is 23.1 Å². The van der Waals surface area contributed by atoms with Crippen molar-refractivity contribution in [2.75, 3.05) is 5.75 Å². The first-order valence-electron chi connectivity index (χ1n) is 6.71. The number of amides is 1. The van der Waals surface area contributed by atoms with Crippen molar-refractivity contribution >= 4 is 21.7 Å². The Morgan fingerprint density at radius 1 is 1.24 bits per heavy atom. The summed E-state index contributed by atoms with van der Waals surface area (Å²) in [5.41, 5.74) is 0. The summed E-state index contributed by atoms with van der Waals surface area (Å²) in [6.45, 7) is 0. The quantitative estimate of drug-likeness (QED) is 0.777. The van der Waals surface area contributed by atoms with Crippen LogP contribution in [0.3, 0.4) is 0 Å². The summed E-state index contributed by atoms with van der Waals surface area (Å²) in [5.74, 6) is -1.96. The Kier molecular flexibility index (Phi) is 4.62. The van der Waals surface area contributed by atoms with Crippen LogP contribution in [0.5, 0.6) is 0 Å². The number of carbonyl (C=O) groups is 2. The maximum absolute atomic E-state index is 12.1. The number of sulfone groups is 1. The third kappa shape index (κ3) is 4.29. The zero-order valence-electron chi connectivity index (χ0n) is 11.4. The standard InChI is InChI=1S/C14H17NO5S/c16-13(10-6-7-10)15-12(14(17)18)8-9-21(19,20)11-4-2-1-3-5-11/h1-5,10,12H,6-9H2,(H,15,16)(H,17,18)/t12-/m0/s1. The van der Waals surface area contributed by atoms with Crippen LogP contribution in [0.4, 0.5) is 0 Å². The Morgan fingerprint density at radius 3 is 2.38 bits per heavy atom. The molecular formula is C14H17NO5S. The van der Waals surface area contributed by atoms with E-state index in [1.165, 1.54) is 12.1 Å². The summed E-state index contributed by atoms with van der Waals surface area (Å²) in [5, 5.41) is 11.5. The molecule has 0 aromatic heterocycles. The summed E-state index contributed by atoms with van der Waals surface area (Å²) >= 11 is 0. The first kappa shape index (κ1) is 15.5. The highest BCUT2D eigenvalue weighted by molar-refractivity contribution is 7.91. The highest BCUT2D eigenvalue weighted by Crippen LogP contribution is 2.29. The molecule has 1 atom stereocenters. The van der Waals surface area contributed by atoms with Gasteiger partial charge in [-0.1, -0.05) is 18.2 Å². The fourth-order valence-corrected chi connectivity index (χ4v) is 3.26. The van der Waals surface area contributed by atoms with Crippen molar-refractivity contribution in [1.82, 2.24) is 5.32 Å². The third-order valence-corrected chi connectivity index (χ3v) is 5.10. The molecule has 0 radical (unpaired) electrons. The van der Waals surface area contributed by atoms with Crippen molar-refractivity contribution in [2.45, 2.75) is 30.2 Å². The van der Waals surface area contributed by atoms with Gasteiger partial charge in [-0.2, -0.15) is 0 Å². The number of hydrogen-bond donors (Lipinski definition) is 2. The van der Waals surface area contributed by atoms with E-state index in [4.69, 9.17) is 5.11 Å². The van der Waals surface area contributed by atoms with Crippen LogP contribution in [0, 0.1) is 5.92 Å². The molecule has 1 amide bonds. The minimum absolute atomic E-state index is 0.113. The molecule has 0 saturated heterocycles. The number of nitrogens with one attached hydrogen (secondary N) is 1. The number of carboxylic acid groups (broad SMARTS) is 1. The topological polar surface area (TPSA) is 101 Å². The molecule has 0 bridgehead atoms. The van der Waals surface area contributed by atoms with Crippen LogP contribution in [0.15, 0.2) is 35.2 Å². The van der Waals surface area contributed by atoms with Gasteiger partial charge < -0.3 is 10.4 Å². The second-order valence-corrected chi connectivity index (χ2v) is 7.20. The fraction of sp³-hybridized carbons (Fsp3) is 0.429. The van der Waals surface area contributed by atoms with E-state index < -0.39 is 21.8 Å². The Labute approximate surface area is 123 Å². The van der Waals surface area contributed by atoms with Gasteiger partial charge in [0.15, 0.2) is 9.84 Å². The smallest absolute Gasteiger partial charge is 0.326 e. The molecule has 0 spiro atoms. The van der Waals surface area contributed by atoms with E-state index in [-0.39, 0.29) is 28.9 Å². The molecule has 6 nitrogen and oxygen atoms in total. The Bertz CT molecular complexity index is 622. The molecule has 0 unspecified atom stereocenters. The van der Waals surface area contributed by atoms with Gasteiger partial charge in [-0.05, 0) is 31.4 Å². The van der Waals surface area contributed by atoms with Gasteiger partial charge in [0.2, 0.25) is 5.91 Å². The maximum atomic E-state index is 12.1. The zero-order valence-corrected chi connectivity index (χ0v) is 12.2. The van der Waals surface area contributed by atoms with Crippen LogP contribution in [-0.2, 0) is 19.4 Å². The van der Waals surface area contributed by atoms with Crippen LogP contribution in [0.25, 0.3) is 0 Å². The average molecular weight is 311 g/mol. The lowest BCUT2D eigenvalue weighted by atomic mass is 10.2. The monoisotopic (exact) mass is 311 g/mol. The van der Waals surface area contributed by atoms with Gasteiger partial charge >= 0.3 is 5.97 Å². The van der Waals surface area contributed by atoms with Crippen LogP contribution >= 0.6 is 0 Å². The number of carbonyl (C=O) groups excluding carboxylic acids is 1. The first-order chi connectivity index (χ1) is 9.90. The summed E-state index contributed by atoms with van der Waals surface area (Å²) in [6.07, 6.45) is 1.38. The van der Waals surface area contributed by atoms with Gasteiger partial charge in [0, 0.05) is 5.92 Å². The molecule has 1 aromatic rings. The maximum Gasteiger partial charge on any atom is 0.326 e. The lowest BCUT2D eigenvalue weighted by Crippen LogP contribution is -2.42. The third-order valence-electron chi connectivity index (χ3n) is 3.34. The van der Waals surface area contributed by atoms with Crippen molar-refractivity contribution in [2.24, 2.45) is 5.92 Å². The van der Waals surface area contributed by atoms with Gasteiger partial charge in [0.25, 0.3) is 0 Å². The van der Waals surface area contributed by atoms with E-state index >= 15 is 0 Å². The number of aliphatic carboxylic acids is 1. The van der Waals surface area contributed by atoms with E-state index in [2.05, 4.69) is 5.32 Å². The summed E-state index contributed by atoms with van der Waals surface area (Å²) in [7, 11) is -3.54. The number of hydrogen-bond acceptors (Lipinski definition) is 4. The van der Waals surface area contributed by atoms with Crippen LogP contribution in [0.2, 0.25) is 0 Å². The van der Waals surface area contributed by atoms with Gasteiger partial charge in [0.1, 0.15) is 6.04 Å². The largest absolute Gasteiger partial charge is 0.480 e. The Balaban J connectivity index is 1.98. The van der Waals surface area contributed by atoms with E-state index in [1.807, 2.05) is 0 Å². The Hall–Kier alpha value is -1.89. The molecule has 1 aliphatic rings. The molecule has 7 heteroatoms. The van der Waals surface area contributed by atoms with Crippen molar-refractivity contribution in [1.29, 1.82) is 0 Å². The second kappa shape index (κ2) is 6.26. The van der Waals surface area contributed by atoms with Gasteiger partial charge in [-0.25, -0.2) is 13.2 Å². The molecule has 1 aliphatic carbocycles. The van der Waals surface area contributed by atoms with Gasteiger partial charge in [-0.3, -0.25) is 4.79 Å². The summed E-state index contributed by atoms with van der Waals surface area (Å²) in [4.78, 5) is 22.9. The molecule has 2 N–H and O–H groups in total. The normalized spacial score (nSPS) is 16.2. The van der Waals surface area contributed by atoms with Crippen molar-refractivity contribution in [3.8, 4) is 0 Å². The van der Waals surface area contributed by atoms with Crippen molar-refractivity contribution in [3.05, 3.63) is 30.3 Å². The molecule has 21 heavy (non-hydrogen) atoms. The second-order valence-electron chi connectivity index (χ2n) is 5.09. The SMILES string of the molecule is O=C(N[C@@H](CCS(=O)(=O)c1ccccc1)C(=O)O)C1CC1. The molecule has 114 valence electrons. The molecule has 1 fully saturated rings. The van der Waals surface area contributed by atoms with Crippen LogP contribution < -0.4 is 5.32 Å². The fourth-order valence-electron chi connectivity index (χ4n) is 1.91. The van der Waals surface area contributed by atoms with E-state index in [0.717, 1.165) is 12.8 Å². The molecular weight excluding hydrogens is 294 g/mol. The Morgan fingerprint density at radius 2 is 1.86 bits per heavy atom. The highest BCUT2D eigenvalue weighted by Gasteiger charge is 2.33. The number of benzene rings is 1. The first-order valence-corrected chi connectivity index (χ1v) is 8.36. The molecule has 1 saturated carbocycles. The lowest BCUT2D eigenvalue weighted by molar-refractivity contribution is -0.142. The van der Waals surface area contributed by atoms with Gasteiger partial charge in [0.05, 0.1) is 10.6 Å². The highest BCUT2D eigenvalue weighted by atomic mass is 32.2. The number of rotatable bonds is 7. The lowest BCUT2D eigenvalue weighted by Gasteiger charge is -2.14. The van der Waals surface area contributed by atoms with Gasteiger partial charge in [-0.15, -0.1) is 0 Å². The zero-order chi connectivity index (χ0) is 15.5. The van der Waals surface area contributed by atoms with E-state index in [1.54, 1.807) is 18.2 Å². The van der Waals surface area contributed by atoms with Crippen LogP contribution in [-0.4, -0.2) is 37.2 Å². The predicted octanol–water partition coefficient (Wildman–Crippen LogP) is 0.830. The van der Waals surface area contributed by atoms with E-state index in [0.29, 0.717) is 0 Å². The van der Waals surface area contributed by atoms with E-state index in [9.17, 15) is 18.0 Å². The molecule has 0 aliphatic heterocycles. The summed E-state index contributed by atoms with van der Waals surface area (Å²) in [6, 6.07) is 6.68. The predicted molar refractivity (Wildman–Crippen MR) is 75.4 cm³/mol.